The van der Waals surface area contributed by atoms with E-state index in [4.69, 9.17) is 5.11 Å². The summed E-state index contributed by atoms with van der Waals surface area (Å²) in [5.74, 6) is -0.849. The molecule has 0 aliphatic heterocycles. The topological polar surface area (TPSA) is 40.5 Å². The zero-order chi connectivity index (χ0) is 11.3. The van der Waals surface area contributed by atoms with Crippen molar-refractivity contribution in [3.63, 3.8) is 0 Å². The van der Waals surface area contributed by atoms with Crippen LogP contribution in [-0.2, 0) is 6.54 Å². The summed E-state index contributed by atoms with van der Waals surface area (Å²) in [6.07, 6.45) is 0. The number of carboxylic acid groups (broad SMARTS) is 1. The van der Waals surface area contributed by atoms with Gasteiger partial charge in [-0.25, -0.2) is 4.79 Å². The van der Waals surface area contributed by atoms with Crippen LogP contribution in [0.4, 0.5) is 0 Å². The predicted octanol–water partition coefficient (Wildman–Crippen LogP) is 2.23. The molecule has 0 heterocycles. The molecule has 0 fully saturated rings. The number of carbonyl (C=O) groups is 1. The molecule has 0 bridgehead atoms. The van der Waals surface area contributed by atoms with Crippen molar-refractivity contribution in [2.24, 2.45) is 0 Å². The Bertz CT molecular complexity index is 332. The van der Waals surface area contributed by atoms with Gasteiger partial charge in [-0.05, 0) is 24.7 Å². The first-order chi connectivity index (χ1) is 7.19. The van der Waals surface area contributed by atoms with E-state index in [1.807, 2.05) is 12.1 Å². The Hall–Kier alpha value is -1.35. The smallest absolute Gasteiger partial charge is 0.336 e. The van der Waals surface area contributed by atoms with Gasteiger partial charge >= 0.3 is 5.97 Å². The van der Waals surface area contributed by atoms with Gasteiger partial charge in [0.2, 0.25) is 0 Å². The highest BCUT2D eigenvalue weighted by atomic mass is 16.4. The Morgan fingerprint density at radius 1 is 1.27 bits per heavy atom. The fourth-order valence-corrected chi connectivity index (χ4v) is 1.55. The van der Waals surface area contributed by atoms with E-state index in [-0.39, 0.29) is 0 Å². The third-order valence-corrected chi connectivity index (χ3v) is 2.54. The molecule has 3 nitrogen and oxygen atoms in total. The zero-order valence-corrected chi connectivity index (χ0v) is 9.23. The summed E-state index contributed by atoms with van der Waals surface area (Å²) in [5, 5.41) is 9.01. The number of aromatic carboxylic acids is 1. The van der Waals surface area contributed by atoms with Crippen LogP contribution in [-0.4, -0.2) is 29.1 Å². The molecule has 82 valence electrons. The van der Waals surface area contributed by atoms with Gasteiger partial charge in [0.1, 0.15) is 0 Å². The summed E-state index contributed by atoms with van der Waals surface area (Å²) in [6.45, 7) is 6.73. The normalized spacial score (nSPS) is 10.6. The average Bonchev–Trinajstić information content (AvgIpc) is 2.26. The van der Waals surface area contributed by atoms with Crippen LogP contribution in [0.1, 0.15) is 29.8 Å². The molecule has 1 aromatic rings. The maximum Gasteiger partial charge on any atom is 0.336 e. The summed E-state index contributed by atoms with van der Waals surface area (Å²) in [5.41, 5.74) is 1.29. The molecule has 0 aliphatic rings. The second-order valence-corrected chi connectivity index (χ2v) is 3.42. The molecule has 3 heteroatoms. The van der Waals surface area contributed by atoms with Crippen LogP contribution in [0, 0.1) is 0 Å². The molecule has 0 aromatic heterocycles. The molecule has 0 radical (unpaired) electrons. The van der Waals surface area contributed by atoms with Crippen molar-refractivity contribution >= 4 is 5.97 Å². The van der Waals surface area contributed by atoms with E-state index in [2.05, 4.69) is 18.7 Å². The number of nitrogens with zero attached hydrogens (tertiary/aromatic N) is 1. The fraction of sp³-hybridized carbons (Fsp3) is 0.417. The summed E-state index contributed by atoms with van der Waals surface area (Å²) in [4.78, 5) is 13.2. The molecule has 0 atom stereocenters. The standard InChI is InChI=1S/C12H17NO2/c1-3-13(4-2)9-10-7-5-6-8-11(10)12(14)15/h5-8H,3-4,9H2,1-2H3,(H,14,15). The molecule has 0 spiro atoms. The lowest BCUT2D eigenvalue weighted by Gasteiger charge is -2.18. The van der Waals surface area contributed by atoms with Crippen molar-refractivity contribution < 1.29 is 9.90 Å². The molecule has 1 rings (SSSR count). The Morgan fingerprint density at radius 2 is 1.87 bits per heavy atom. The van der Waals surface area contributed by atoms with Gasteiger partial charge in [-0.3, -0.25) is 4.90 Å². The summed E-state index contributed by atoms with van der Waals surface area (Å²) in [7, 11) is 0. The van der Waals surface area contributed by atoms with E-state index in [9.17, 15) is 4.79 Å². The molecule has 0 aliphatic carbocycles. The largest absolute Gasteiger partial charge is 0.478 e. The Kier molecular flexibility index (Phi) is 4.31. The average molecular weight is 207 g/mol. The molecule has 0 amide bonds. The van der Waals surface area contributed by atoms with Crippen LogP contribution >= 0.6 is 0 Å². The minimum Gasteiger partial charge on any atom is -0.478 e. The highest BCUT2D eigenvalue weighted by molar-refractivity contribution is 5.89. The lowest BCUT2D eigenvalue weighted by atomic mass is 10.1. The third kappa shape index (κ3) is 3.06. The van der Waals surface area contributed by atoms with Crippen LogP contribution in [0.2, 0.25) is 0 Å². The molecule has 0 saturated carbocycles. The second-order valence-electron chi connectivity index (χ2n) is 3.42. The number of hydrogen-bond donors (Lipinski definition) is 1. The highest BCUT2D eigenvalue weighted by Gasteiger charge is 2.10. The molecular formula is C12H17NO2. The van der Waals surface area contributed by atoms with Crippen molar-refractivity contribution in [2.75, 3.05) is 13.1 Å². The van der Waals surface area contributed by atoms with Crippen molar-refractivity contribution in [3.8, 4) is 0 Å². The summed E-state index contributed by atoms with van der Waals surface area (Å²) < 4.78 is 0. The van der Waals surface area contributed by atoms with Crippen LogP contribution in [0.3, 0.4) is 0 Å². The van der Waals surface area contributed by atoms with Gasteiger partial charge in [0.25, 0.3) is 0 Å². The minimum absolute atomic E-state index is 0.407. The molecule has 1 N–H and O–H groups in total. The molecule has 1 aromatic carbocycles. The minimum atomic E-state index is -0.849. The van der Waals surface area contributed by atoms with Crippen LogP contribution in [0.5, 0.6) is 0 Å². The summed E-state index contributed by atoms with van der Waals surface area (Å²) >= 11 is 0. The van der Waals surface area contributed by atoms with Crippen molar-refractivity contribution in [1.29, 1.82) is 0 Å². The number of hydrogen-bond acceptors (Lipinski definition) is 2. The van der Waals surface area contributed by atoms with Crippen LogP contribution < -0.4 is 0 Å². The van der Waals surface area contributed by atoms with Crippen LogP contribution in [0.25, 0.3) is 0 Å². The predicted molar refractivity (Wildman–Crippen MR) is 60.0 cm³/mol. The third-order valence-electron chi connectivity index (χ3n) is 2.54. The molecular weight excluding hydrogens is 190 g/mol. The Balaban J connectivity index is 2.88. The van der Waals surface area contributed by atoms with E-state index < -0.39 is 5.97 Å². The van der Waals surface area contributed by atoms with Crippen LogP contribution in [0.15, 0.2) is 24.3 Å². The van der Waals surface area contributed by atoms with Gasteiger partial charge in [-0.1, -0.05) is 32.0 Å². The first-order valence-electron chi connectivity index (χ1n) is 5.22. The second kappa shape index (κ2) is 5.51. The van der Waals surface area contributed by atoms with E-state index in [0.29, 0.717) is 12.1 Å². The Morgan fingerprint density at radius 3 is 2.40 bits per heavy atom. The van der Waals surface area contributed by atoms with Crippen molar-refractivity contribution in [3.05, 3.63) is 35.4 Å². The monoisotopic (exact) mass is 207 g/mol. The highest BCUT2D eigenvalue weighted by Crippen LogP contribution is 2.11. The maximum atomic E-state index is 11.0. The molecule has 0 unspecified atom stereocenters. The zero-order valence-electron chi connectivity index (χ0n) is 9.23. The number of carboxylic acids is 1. The quantitative estimate of drug-likeness (QED) is 0.804. The van der Waals surface area contributed by atoms with E-state index in [0.717, 1.165) is 18.7 Å². The van der Waals surface area contributed by atoms with Gasteiger partial charge in [0, 0.05) is 6.54 Å². The lowest BCUT2D eigenvalue weighted by Crippen LogP contribution is -2.23. The van der Waals surface area contributed by atoms with Gasteiger partial charge in [-0.15, -0.1) is 0 Å². The summed E-state index contributed by atoms with van der Waals surface area (Å²) in [6, 6.07) is 7.17. The van der Waals surface area contributed by atoms with Gasteiger partial charge < -0.3 is 5.11 Å². The van der Waals surface area contributed by atoms with Crippen molar-refractivity contribution in [2.45, 2.75) is 20.4 Å². The lowest BCUT2D eigenvalue weighted by molar-refractivity contribution is 0.0694. The van der Waals surface area contributed by atoms with Gasteiger partial charge in [-0.2, -0.15) is 0 Å². The first kappa shape index (κ1) is 11.7. The molecule has 0 saturated heterocycles. The first-order valence-corrected chi connectivity index (χ1v) is 5.22. The SMILES string of the molecule is CCN(CC)Cc1ccccc1C(=O)O. The van der Waals surface area contributed by atoms with Gasteiger partial charge in [0.05, 0.1) is 5.56 Å². The number of rotatable bonds is 5. The molecule has 15 heavy (non-hydrogen) atoms. The van der Waals surface area contributed by atoms with Gasteiger partial charge in [0.15, 0.2) is 0 Å². The van der Waals surface area contributed by atoms with E-state index in [1.54, 1.807) is 12.1 Å². The Labute approximate surface area is 90.3 Å². The van der Waals surface area contributed by atoms with Crippen molar-refractivity contribution in [1.82, 2.24) is 4.90 Å². The maximum absolute atomic E-state index is 11.0. The number of benzene rings is 1. The van der Waals surface area contributed by atoms with E-state index >= 15 is 0 Å². The fourth-order valence-electron chi connectivity index (χ4n) is 1.55. The van der Waals surface area contributed by atoms with E-state index in [1.165, 1.54) is 0 Å².